The van der Waals surface area contributed by atoms with Crippen molar-refractivity contribution in [1.82, 2.24) is 0 Å². The second-order valence-corrected chi connectivity index (χ2v) is 5.24. The minimum atomic E-state index is -0.0110. The second-order valence-electron chi connectivity index (χ2n) is 4.39. The van der Waals surface area contributed by atoms with Crippen LogP contribution < -0.4 is 10.5 Å². The lowest BCUT2D eigenvalue weighted by molar-refractivity contribution is 0.281. The van der Waals surface area contributed by atoms with Crippen LogP contribution in [-0.4, -0.2) is 5.11 Å². The van der Waals surface area contributed by atoms with Crippen LogP contribution >= 0.6 is 15.9 Å². The highest BCUT2D eigenvalue weighted by Gasteiger charge is 2.07. The number of hydrogen-bond acceptors (Lipinski definition) is 3. The first-order valence-electron chi connectivity index (χ1n) is 6.03. The lowest BCUT2D eigenvalue weighted by Gasteiger charge is -2.11. The smallest absolute Gasteiger partial charge is 0.141 e. The number of ether oxygens (including phenoxy) is 1. The van der Waals surface area contributed by atoms with Crippen LogP contribution in [-0.2, 0) is 6.61 Å². The largest absolute Gasteiger partial charge is 0.456 e. The van der Waals surface area contributed by atoms with E-state index in [1.165, 1.54) is 0 Å². The van der Waals surface area contributed by atoms with Crippen LogP contribution in [0.4, 0.5) is 0 Å². The average molecular weight is 322 g/mol. The van der Waals surface area contributed by atoms with Crippen LogP contribution in [0.1, 0.15) is 24.1 Å². The molecule has 3 N–H and O–H groups in total. The van der Waals surface area contributed by atoms with Crippen LogP contribution in [0.2, 0.25) is 0 Å². The molecule has 2 aromatic rings. The highest BCUT2D eigenvalue weighted by atomic mass is 79.9. The van der Waals surface area contributed by atoms with Crippen molar-refractivity contribution in [2.75, 3.05) is 0 Å². The molecule has 0 heterocycles. The van der Waals surface area contributed by atoms with Gasteiger partial charge in [-0.2, -0.15) is 0 Å². The summed E-state index contributed by atoms with van der Waals surface area (Å²) in [6.07, 6.45) is 0. The fourth-order valence-corrected chi connectivity index (χ4v) is 2.19. The molecule has 0 aromatic heterocycles. The number of nitrogens with two attached hydrogens (primary N) is 1. The summed E-state index contributed by atoms with van der Waals surface area (Å²) in [6.45, 7) is 1.94. The van der Waals surface area contributed by atoms with Gasteiger partial charge in [0.2, 0.25) is 0 Å². The summed E-state index contributed by atoms with van der Waals surface area (Å²) >= 11 is 3.48. The van der Waals surface area contributed by atoms with E-state index in [-0.39, 0.29) is 12.6 Å². The Morgan fingerprint density at radius 2 is 2.05 bits per heavy atom. The van der Waals surface area contributed by atoms with Gasteiger partial charge in [-0.15, -0.1) is 0 Å². The molecule has 2 rings (SSSR count). The Labute approximate surface area is 121 Å². The summed E-state index contributed by atoms with van der Waals surface area (Å²) in [7, 11) is 0. The van der Waals surface area contributed by atoms with Crippen molar-refractivity contribution in [2.45, 2.75) is 19.6 Å². The normalized spacial score (nSPS) is 12.2. The van der Waals surface area contributed by atoms with Crippen molar-refractivity contribution in [1.29, 1.82) is 0 Å². The number of benzene rings is 2. The molecule has 0 unspecified atom stereocenters. The lowest BCUT2D eigenvalue weighted by atomic mass is 10.1. The third-order valence-corrected chi connectivity index (χ3v) is 3.41. The Morgan fingerprint density at radius 3 is 2.68 bits per heavy atom. The van der Waals surface area contributed by atoms with Crippen LogP contribution in [0.5, 0.6) is 11.5 Å². The zero-order valence-corrected chi connectivity index (χ0v) is 12.2. The summed E-state index contributed by atoms with van der Waals surface area (Å²) in [4.78, 5) is 0. The number of aliphatic hydroxyl groups is 1. The standard InChI is InChI=1S/C15H16BrNO2/c1-10(17)12-5-6-15(14(16)8-12)19-13-4-2-3-11(7-13)9-18/h2-8,10,18H,9,17H2,1H3/t10-/m0/s1. The SMILES string of the molecule is C[C@H](N)c1ccc(Oc2cccc(CO)c2)c(Br)c1. The van der Waals surface area contributed by atoms with Crippen molar-refractivity contribution in [2.24, 2.45) is 5.73 Å². The topological polar surface area (TPSA) is 55.5 Å². The van der Waals surface area contributed by atoms with Gasteiger partial charge in [0.1, 0.15) is 11.5 Å². The zero-order valence-electron chi connectivity index (χ0n) is 10.6. The fraction of sp³-hybridized carbons (Fsp3) is 0.200. The van der Waals surface area contributed by atoms with Gasteiger partial charge in [-0.3, -0.25) is 0 Å². The van der Waals surface area contributed by atoms with E-state index in [4.69, 9.17) is 15.6 Å². The average Bonchev–Trinajstić information content (AvgIpc) is 2.41. The van der Waals surface area contributed by atoms with Gasteiger partial charge in [-0.05, 0) is 58.2 Å². The van der Waals surface area contributed by atoms with E-state index < -0.39 is 0 Å². The highest BCUT2D eigenvalue weighted by molar-refractivity contribution is 9.10. The number of rotatable bonds is 4. The van der Waals surface area contributed by atoms with Gasteiger partial charge in [0, 0.05) is 6.04 Å². The van der Waals surface area contributed by atoms with E-state index in [1.54, 1.807) is 0 Å². The molecule has 3 nitrogen and oxygen atoms in total. The van der Waals surface area contributed by atoms with Crippen molar-refractivity contribution >= 4 is 15.9 Å². The molecular formula is C15H16BrNO2. The first-order valence-corrected chi connectivity index (χ1v) is 6.82. The van der Waals surface area contributed by atoms with Crippen molar-refractivity contribution in [3.05, 3.63) is 58.1 Å². The van der Waals surface area contributed by atoms with E-state index in [0.717, 1.165) is 21.3 Å². The molecule has 0 fully saturated rings. The molecule has 0 aliphatic carbocycles. The van der Waals surface area contributed by atoms with Crippen molar-refractivity contribution in [3.8, 4) is 11.5 Å². The molecule has 1 atom stereocenters. The van der Waals surface area contributed by atoms with E-state index in [1.807, 2.05) is 49.4 Å². The summed E-state index contributed by atoms with van der Waals surface area (Å²) in [5.41, 5.74) is 7.70. The predicted molar refractivity (Wildman–Crippen MR) is 79.2 cm³/mol. The fourth-order valence-electron chi connectivity index (χ4n) is 1.72. The molecule has 0 saturated heterocycles. The maximum Gasteiger partial charge on any atom is 0.141 e. The molecule has 0 radical (unpaired) electrons. The van der Waals surface area contributed by atoms with E-state index in [0.29, 0.717) is 5.75 Å². The molecule has 4 heteroatoms. The molecule has 0 aliphatic rings. The quantitative estimate of drug-likeness (QED) is 0.901. The van der Waals surface area contributed by atoms with Crippen molar-refractivity contribution in [3.63, 3.8) is 0 Å². The second kappa shape index (κ2) is 6.19. The van der Waals surface area contributed by atoms with Gasteiger partial charge >= 0.3 is 0 Å². The Balaban J connectivity index is 2.23. The third-order valence-electron chi connectivity index (χ3n) is 2.79. The molecular weight excluding hydrogens is 306 g/mol. The van der Waals surface area contributed by atoms with Gasteiger partial charge in [-0.25, -0.2) is 0 Å². The molecule has 0 amide bonds. The number of aliphatic hydroxyl groups excluding tert-OH is 1. The van der Waals surface area contributed by atoms with Crippen LogP contribution in [0.3, 0.4) is 0 Å². The van der Waals surface area contributed by atoms with Gasteiger partial charge in [0.15, 0.2) is 0 Å². The van der Waals surface area contributed by atoms with Gasteiger partial charge in [0.25, 0.3) is 0 Å². The first-order chi connectivity index (χ1) is 9.10. The molecule has 0 saturated carbocycles. The molecule has 19 heavy (non-hydrogen) atoms. The summed E-state index contributed by atoms with van der Waals surface area (Å²) < 4.78 is 6.65. The molecule has 100 valence electrons. The highest BCUT2D eigenvalue weighted by Crippen LogP contribution is 2.31. The zero-order chi connectivity index (χ0) is 13.8. The summed E-state index contributed by atoms with van der Waals surface area (Å²) in [5, 5.41) is 9.10. The number of hydrogen-bond donors (Lipinski definition) is 2. The van der Waals surface area contributed by atoms with Crippen LogP contribution in [0, 0.1) is 0 Å². The van der Waals surface area contributed by atoms with Gasteiger partial charge in [-0.1, -0.05) is 18.2 Å². The monoisotopic (exact) mass is 321 g/mol. The van der Waals surface area contributed by atoms with Crippen LogP contribution in [0.25, 0.3) is 0 Å². The molecule has 0 aliphatic heterocycles. The summed E-state index contributed by atoms with van der Waals surface area (Å²) in [6, 6.07) is 13.1. The molecule has 2 aromatic carbocycles. The predicted octanol–water partition coefficient (Wildman–Crippen LogP) is 3.75. The Bertz CT molecular complexity index is 570. The maximum absolute atomic E-state index is 9.10. The Kier molecular flexibility index (Phi) is 4.58. The minimum absolute atomic E-state index is 0.00198. The maximum atomic E-state index is 9.10. The first kappa shape index (κ1) is 14.1. The minimum Gasteiger partial charge on any atom is -0.456 e. The van der Waals surface area contributed by atoms with E-state index >= 15 is 0 Å². The number of halogens is 1. The van der Waals surface area contributed by atoms with Gasteiger partial charge in [0.05, 0.1) is 11.1 Å². The lowest BCUT2D eigenvalue weighted by Crippen LogP contribution is -2.04. The van der Waals surface area contributed by atoms with Gasteiger partial charge < -0.3 is 15.6 Å². The summed E-state index contributed by atoms with van der Waals surface area (Å²) in [5.74, 6) is 1.42. The Morgan fingerprint density at radius 1 is 1.26 bits per heavy atom. The van der Waals surface area contributed by atoms with Crippen molar-refractivity contribution < 1.29 is 9.84 Å². The third kappa shape index (κ3) is 3.56. The van der Waals surface area contributed by atoms with Crippen LogP contribution in [0.15, 0.2) is 46.9 Å². The van der Waals surface area contributed by atoms with E-state index in [2.05, 4.69) is 15.9 Å². The molecule has 0 spiro atoms. The van der Waals surface area contributed by atoms with E-state index in [9.17, 15) is 0 Å². The molecule has 0 bridgehead atoms. The Hall–Kier alpha value is -1.36.